The highest BCUT2D eigenvalue weighted by molar-refractivity contribution is 4.84. The van der Waals surface area contributed by atoms with Crippen LogP contribution in [0.2, 0.25) is 0 Å². The quantitative estimate of drug-likeness (QED) is 0.523. The van der Waals surface area contributed by atoms with Crippen LogP contribution in [0.1, 0.15) is 33.1 Å². The molecule has 0 radical (unpaired) electrons. The Morgan fingerprint density at radius 1 is 1.70 bits per heavy atom. The Bertz CT molecular complexity index is 115. The first-order valence-corrected chi connectivity index (χ1v) is 4.36. The van der Waals surface area contributed by atoms with E-state index < -0.39 is 0 Å². The third kappa shape index (κ3) is 2.17. The number of rotatable bonds is 4. The fraction of sp³-hybridized carbons (Fsp3) is 0.800. The molecule has 58 valence electrons. The Hall–Kier alpha value is -0.260. The molecule has 0 aromatic rings. The van der Waals surface area contributed by atoms with Gasteiger partial charge in [0.25, 0.3) is 0 Å². The molecule has 1 saturated carbocycles. The van der Waals surface area contributed by atoms with E-state index in [-0.39, 0.29) is 0 Å². The summed E-state index contributed by atoms with van der Waals surface area (Å²) in [7, 11) is 0. The maximum absolute atomic E-state index is 3.78. The summed E-state index contributed by atoms with van der Waals surface area (Å²) in [6, 6.07) is 0. The smallest absolute Gasteiger partial charge is 0.0265 e. The maximum Gasteiger partial charge on any atom is -0.0265 e. The maximum atomic E-state index is 3.78. The van der Waals surface area contributed by atoms with Crippen molar-refractivity contribution in [3.05, 3.63) is 12.7 Å². The Morgan fingerprint density at radius 2 is 2.30 bits per heavy atom. The van der Waals surface area contributed by atoms with Gasteiger partial charge >= 0.3 is 0 Å². The molecule has 3 unspecified atom stereocenters. The van der Waals surface area contributed by atoms with Gasteiger partial charge in [-0.25, -0.2) is 0 Å². The van der Waals surface area contributed by atoms with Gasteiger partial charge in [0, 0.05) is 0 Å². The molecule has 10 heavy (non-hydrogen) atoms. The van der Waals surface area contributed by atoms with Crippen LogP contribution in [0.25, 0.3) is 0 Å². The van der Waals surface area contributed by atoms with Gasteiger partial charge in [0.1, 0.15) is 0 Å². The number of allylic oxidation sites excluding steroid dienone is 1. The van der Waals surface area contributed by atoms with Gasteiger partial charge < -0.3 is 0 Å². The largest absolute Gasteiger partial charge is 0.103 e. The monoisotopic (exact) mass is 138 g/mol. The summed E-state index contributed by atoms with van der Waals surface area (Å²) in [5.74, 6) is 2.81. The van der Waals surface area contributed by atoms with E-state index in [1.807, 2.05) is 0 Å². The first-order chi connectivity index (χ1) is 4.74. The van der Waals surface area contributed by atoms with Gasteiger partial charge in [-0.05, 0) is 37.0 Å². The second-order valence-corrected chi connectivity index (χ2v) is 3.76. The Morgan fingerprint density at radius 3 is 2.70 bits per heavy atom. The van der Waals surface area contributed by atoms with Crippen LogP contribution in [-0.4, -0.2) is 0 Å². The fourth-order valence-corrected chi connectivity index (χ4v) is 1.40. The van der Waals surface area contributed by atoms with E-state index in [2.05, 4.69) is 26.5 Å². The third-order valence-corrected chi connectivity index (χ3v) is 2.67. The van der Waals surface area contributed by atoms with Crippen molar-refractivity contribution in [3.8, 4) is 0 Å². The molecule has 0 amide bonds. The Kier molecular flexibility index (Phi) is 2.53. The van der Waals surface area contributed by atoms with Gasteiger partial charge in [0.05, 0.1) is 0 Å². The fourth-order valence-electron chi connectivity index (χ4n) is 1.40. The zero-order chi connectivity index (χ0) is 7.56. The van der Waals surface area contributed by atoms with Crippen molar-refractivity contribution in [3.63, 3.8) is 0 Å². The predicted molar refractivity (Wildman–Crippen MR) is 45.9 cm³/mol. The first kappa shape index (κ1) is 7.84. The summed E-state index contributed by atoms with van der Waals surface area (Å²) in [4.78, 5) is 0. The third-order valence-electron chi connectivity index (χ3n) is 2.67. The molecular formula is C10H18. The summed E-state index contributed by atoms with van der Waals surface area (Å²) >= 11 is 0. The minimum absolute atomic E-state index is 0.729. The van der Waals surface area contributed by atoms with E-state index in [1.54, 1.807) is 0 Å². The lowest BCUT2D eigenvalue weighted by Crippen LogP contribution is -1.90. The molecule has 0 aromatic carbocycles. The molecule has 0 N–H and O–H groups in total. The van der Waals surface area contributed by atoms with E-state index in [0.717, 1.165) is 17.8 Å². The lowest BCUT2D eigenvalue weighted by Gasteiger charge is -2.02. The minimum Gasteiger partial charge on any atom is -0.103 e. The van der Waals surface area contributed by atoms with Crippen LogP contribution in [-0.2, 0) is 0 Å². The van der Waals surface area contributed by atoms with Crippen LogP contribution in [0.4, 0.5) is 0 Å². The Balaban J connectivity index is 2.00. The average molecular weight is 138 g/mol. The zero-order valence-electron chi connectivity index (χ0n) is 7.14. The molecule has 0 aromatic heterocycles. The van der Waals surface area contributed by atoms with Crippen LogP contribution in [0.3, 0.4) is 0 Å². The molecule has 0 heteroatoms. The van der Waals surface area contributed by atoms with E-state index >= 15 is 0 Å². The summed E-state index contributed by atoms with van der Waals surface area (Å²) in [5, 5.41) is 0. The standard InChI is InChI=1S/C10H18/c1-4-8(2)5-6-10-7-9(10)3/h4,8-10H,1,5-7H2,2-3H3. The summed E-state index contributed by atoms with van der Waals surface area (Å²) < 4.78 is 0. The van der Waals surface area contributed by atoms with E-state index in [0.29, 0.717) is 0 Å². The van der Waals surface area contributed by atoms with E-state index in [4.69, 9.17) is 0 Å². The Labute approximate surface area is 64.3 Å². The first-order valence-electron chi connectivity index (χ1n) is 4.36. The van der Waals surface area contributed by atoms with Gasteiger partial charge in [-0.2, -0.15) is 0 Å². The average Bonchev–Trinajstić information content (AvgIpc) is 2.61. The van der Waals surface area contributed by atoms with Crippen molar-refractivity contribution in [1.29, 1.82) is 0 Å². The summed E-state index contributed by atoms with van der Waals surface area (Å²) in [6.07, 6.45) is 6.31. The highest BCUT2D eigenvalue weighted by atomic mass is 14.4. The second-order valence-electron chi connectivity index (χ2n) is 3.76. The van der Waals surface area contributed by atoms with Crippen molar-refractivity contribution in [2.24, 2.45) is 17.8 Å². The molecule has 1 fully saturated rings. The van der Waals surface area contributed by atoms with Gasteiger partial charge in [-0.3, -0.25) is 0 Å². The van der Waals surface area contributed by atoms with Crippen LogP contribution in [0.15, 0.2) is 12.7 Å². The second kappa shape index (κ2) is 3.23. The lowest BCUT2D eigenvalue weighted by atomic mass is 10.0. The molecule has 3 atom stereocenters. The molecule has 0 aliphatic heterocycles. The molecular weight excluding hydrogens is 120 g/mol. The van der Waals surface area contributed by atoms with Gasteiger partial charge in [-0.15, -0.1) is 6.58 Å². The minimum atomic E-state index is 0.729. The molecule has 1 aliphatic carbocycles. The number of hydrogen-bond donors (Lipinski definition) is 0. The predicted octanol–water partition coefficient (Wildman–Crippen LogP) is 3.24. The number of hydrogen-bond acceptors (Lipinski definition) is 0. The van der Waals surface area contributed by atoms with Gasteiger partial charge in [0.2, 0.25) is 0 Å². The normalized spacial score (nSPS) is 33.4. The highest BCUT2D eigenvalue weighted by Crippen LogP contribution is 2.41. The van der Waals surface area contributed by atoms with Gasteiger partial charge in [0.15, 0.2) is 0 Å². The lowest BCUT2D eigenvalue weighted by molar-refractivity contribution is 0.552. The van der Waals surface area contributed by atoms with E-state index in [9.17, 15) is 0 Å². The van der Waals surface area contributed by atoms with Crippen molar-refractivity contribution in [2.75, 3.05) is 0 Å². The van der Waals surface area contributed by atoms with E-state index in [1.165, 1.54) is 19.3 Å². The zero-order valence-corrected chi connectivity index (χ0v) is 7.14. The van der Waals surface area contributed by atoms with Crippen molar-refractivity contribution >= 4 is 0 Å². The molecule has 1 aliphatic rings. The molecule has 0 saturated heterocycles. The van der Waals surface area contributed by atoms with Crippen molar-refractivity contribution in [2.45, 2.75) is 33.1 Å². The molecule has 0 nitrogen and oxygen atoms in total. The SMILES string of the molecule is C=CC(C)CCC1CC1C. The molecule has 0 heterocycles. The van der Waals surface area contributed by atoms with Crippen LogP contribution in [0, 0.1) is 17.8 Å². The van der Waals surface area contributed by atoms with Crippen LogP contribution < -0.4 is 0 Å². The van der Waals surface area contributed by atoms with Crippen LogP contribution in [0.5, 0.6) is 0 Å². The molecule has 0 bridgehead atoms. The molecule has 0 spiro atoms. The molecule has 1 rings (SSSR count). The highest BCUT2D eigenvalue weighted by Gasteiger charge is 2.31. The summed E-state index contributed by atoms with van der Waals surface area (Å²) in [5.41, 5.74) is 0. The van der Waals surface area contributed by atoms with Crippen molar-refractivity contribution in [1.82, 2.24) is 0 Å². The van der Waals surface area contributed by atoms with Gasteiger partial charge in [-0.1, -0.05) is 19.9 Å². The summed E-state index contributed by atoms with van der Waals surface area (Å²) in [6.45, 7) is 8.38. The topological polar surface area (TPSA) is 0 Å². The van der Waals surface area contributed by atoms with Crippen LogP contribution >= 0.6 is 0 Å². The van der Waals surface area contributed by atoms with Crippen molar-refractivity contribution < 1.29 is 0 Å².